The summed E-state index contributed by atoms with van der Waals surface area (Å²) in [7, 11) is 0. The summed E-state index contributed by atoms with van der Waals surface area (Å²) in [6.07, 6.45) is 0. The summed E-state index contributed by atoms with van der Waals surface area (Å²) in [6, 6.07) is 0. The van der Waals surface area contributed by atoms with Gasteiger partial charge in [-0.15, -0.1) is 0 Å². The van der Waals surface area contributed by atoms with Crippen molar-refractivity contribution in [2.24, 2.45) is 0 Å². The summed E-state index contributed by atoms with van der Waals surface area (Å²) in [5.74, 6) is -29.7. The molecular weight excluding hydrogens is 522 g/mol. The monoisotopic (exact) mass is 525 g/mol. The molecule has 0 saturated carbocycles. The van der Waals surface area contributed by atoms with Crippen molar-refractivity contribution < 1.29 is 67.7 Å². The average molecular weight is 525 g/mol. The second-order valence-electron chi connectivity index (χ2n) is 5.21. The van der Waals surface area contributed by atoms with Gasteiger partial charge in [0.15, 0.2) is 46.5 Å². The molecule has 0 aliphatic heterocycles. The van der Waals surface area contributed by atoms with E-state index >= 15 is 0 Å². The summed E-state index contributed by atoms with van der Waals surface area (Å²) in [5, 5.41) is 0. The molecule has 1 atom stereocenters. The Kier molecular flexibility index (Phi) is 6.82. The molecule has 1 unspecified atom stereocenters. The van der Waals surface area contributed by atoms with Crippen LogP contribution in [-0.4, -0.2) is 14.7 Å². The third kappa shape index (κ3) is 4.43. The van der Waals surface area contributed by atoms with Crippen molar-refractivity contribution in [1.29, 1.82) is 0 Å². The van der Waals surface area contributed by atoms with Gasteiger partial charge < -0.3 is 14.7 Å². The normalized spacial score (nSPS) is 14.0. The molecule has 2 aromatic carbocycles. The molecule has 2 aromatic rings. The number of halogens is 10. The van der Waals surface area contributed by atoms with Crippen molar-refractivity contribution >= 4 is 35.9 Å². The Morgan fingerprint density at radius 2 is 0.742 bits per heavy atom. The lowest BCUT2D eigenvalue weighted by Crippen LogP contribution is -2.22. The van der Waals surface area contributed by atoms with E-state index in [1.54, 1.807) is 0 Å². The lowest BCUT2D eigenvalue weighted by Gasteiger charge is -2.30. The molecule has 0 heterocycles. The fraction of sp³-hybridized carbons (Fsp3) is 0. The topological polar surface area (TPSA) is 98.1 Å². The van der Waals surface area contributed by atoms with E-state index in [0.29, 0.717) is 0 Å². The summed E-state index contributed by atoms with van der Waals surface area (Å²) >= 11 is -1.52. The minimum absolute atomic E-state index is 1.50. The van der Waals surface area contributed by atoms with Gasteiger partial charge in [-0.1, -0.05) is 0 Å². The molecule has 0 saturated heterocycles. The van der Waals surface area contributed by atoms with E-state index in [0.717, 1.165) is 0 Å². The van der Waals surface area contributed by atoms with Gasteiger partial charge >= 0.3 is 13.5 Å². The maximum absolute atomic E-state index is 14.1. The summed E-state index contributed by atoms with van der Waals surface area (Å²) < 4.78 is 159. The van der Waals surface area contributed by atoms with Crippen molar-refractivity contribution in [3.8, 4) is 0 Å². The molecule has 0 amide bonds. The molecule has 0 spiro atoms. The largest absolute Gasteiger partial charge is 0.394 e. The predicted octanol–water partition coefficient (Wildman–Crippen LogP) is 5.14. The van der Waals surface area contributed by atoms with Crippen LogP contribution in [0.15, 0.2) is 0 Å². The van der Waals surface area contributed by atoms with E-state index in [1.165, 1.54) is 0 Å². The quantitative estimate of drug-likeness (QED) is 0.215. The third-order valence-corrected chi connectivity index (χ3v) is 10.2. The van der Waals surface area contributed by atoms with Crippen LogP contribution in [0.5, 0.6) is 0 Å². The van der Waals surface area contributed by atoms with Gasteiger partial charge in [-0.05, 0) is 0 Å². The fourth-order valence-corrected chi connectivity index (χ4v) is 8.00. The van der Waals surface area contributed by atoms with Crippen molar-refractivity contribution in [3.63, 3.8) is 0 Å². The second kappa shape index (κ2) is 8.30. The minimum atomic E-state index is -6.47. The van der Waals surface area contributed by atoms with Gasteiger partial charge in [-0.3, -0.25) is 4.57 Å². The van der Waals surface area contributed by atoms with Crippen LogP contribution in [0.4, 0.5) is 55.3 Å². The number of anilines is 2. The number of hydrogen-bond acceptors (Lipinski definition) is 3. The molecule has 0 aromatic heterocycles. The zero-order valence-electron chi connectivity index (χ0n) is 13.7. The first-order chi connectivity index (χ1) is 13.9. The molecule has 172 valence electrons. The zero-order chi connectivity index (χ0) is 24.2. The molecule has 0 radical (unpaired) electrons. The van der Waals surface area contributed by atoms with Crippen LogP contribution in [0.1, 0.15) is 0 Å². The summed E-state index contributed by atoms with van der Waals surface area (Å²) in [4.78, 5) is 27.4. The SMILES string of the molecule is O=P(O)(O)SP(=O)(O)N(c1c(F)c(F)c(F)c(F)c1F)c1c(F)c(F)c(F)c(F)c1F. The fourth-order valence-electron chi connectivity index (χ4n) is 2.10. The standard InChI is InChI=1S/C12H3F10NO5P2S/c13-1-3(15)7(19)11(8(20)4(1)16)23(29(24,25)31-30(26,27)28)12-9(21)5(17)2(14)6(18)10(12)22/h(H,24,25)(H2,26,27,28). The predicted molar refractivity (Wildman–Crippen MR) is 84.1 cm³/mol. The third-order valence-electron chi connectivity index (χ3n) is 3.26. The van der Waals surface area contributed by atoms with Crippen LogP contribution < -0.4 is 4.67 Å². The Bertz CT molecular complexity index is 1060. The molecule has 19 heteroatoms. The number of nitrogens with zero attached hydrogens (tertiary/aromatic N) is 1. The van der Waals surface area contributed by atoms with Crippen LogP contribution in [0, 0.1) is 58.2 Å². The first-order valence-electron chi connectivity index (χ1n) is 6.87. The summed E-state index contributed by atoms with van der Waals surface area (Å²) in [6.45, 7) is -12.3. The molecule has 3 N–H and O–H groups in total. The molecule has 2 rings (SSSR count). The maximum Gasteiger partial charge on any atom is 0.394 e. The van der Waals surface area contributed by atoms with Crippen LogP contribution in [0.3, 0.4) is 0 Å². The van der Waals surface area contributed by atoms with Gasteiger partial charge in [-0.2, -0.15) is 0 Å². The highest BCUT2D eigenvalue weighted by Crippen LogP contribution is 2.76. The van der Waals surface area contributed by atoms with Crippen LogP contribution in [0.25, 0.3) is 0 Å². The molecule has 6 nitrogen and oxygen atoms in total. The van der Waals surface area contributed by atoms with Crippen LogP contribution in [0.2, 0.25) is 0 Å². The van der Waals surface area contributed by atoms with Gasteiger partial charge in [0.1, 0.15) is 11.4 Å². The molecule has 31 heavy (non-hydrogen) atoms. The number of benzene rings is 2. The van der Waals surface area contributed by atoms with Gasteiger partial charge in [0.2, 0.25) is 11.6 Å². The number of rotatable bonds is 5. The summed E-state index contributed by atoms with van der Waals surface area (Å²) in [5.41, 5.74) is -5.46. The van der Waals surface area contributed by atoms with Gasteiger partial charge in [0, 0.05) is 0 Å². The lowest BCUT2D eigenvalue weighted by molar-refractivity contribution is 0.374. The Hall–Kier alpha value is -1.77. The Labute approximate surface area is 167 Å². The highest BCUT2D eigenvalue weighted by atomic mass is 33.1. The smallest absolute Gasteiger partial charge is 0.321 e. The van der Waals surface area contributed by atoms with E-state index in [9.17, 15) is 57.9 Å². The molecule has 0 aliphatic carbocycles. The van der Waals surface area contributed by atoms with Crippen LogP contribution in [-0.2, 0) is 9.13 Å². The van der Waals surface area contributed by atoms with E-state index in [-0.39, 0.29) is 0 Å². The van der Waals surface area contributed by atoms with Gasteiger partial charge in [0.05, 0.1) is 11.0 Å². The van der Waals surface area contributed by atoms with Crippen molar-refractivity contribution in [3.05, 3.63) is 58.2 Å². The molecule has 0 fully saturated rings. The maximum atomic E-state index is 14.1. The highest BCUT2D eigenvalue weighted by molar-refractivity contribution is 8.85. The van der Waals surface area contributed by atoms with Crippen molar-refractivity contribution in [2.75, 3.05) is 4.67 Å². The van der Waals surface area contributed by atoms with Gasteiger partial charge in [-0.25, -0.2) is 53.1 Å². The molecule has 0 bridgehead atoms. The van der Waals surface area contributed by atoms with E-state index in [4.69, 9.17) is 9.79 Å². The highest BCUT2D eigenvalue weighted by Gasteiger charge is 2.46. The van der Waals surface area contributed by atoms with Gasteiger partial charge in [0.25, 0.3) is 0 Å². The minimum Gasteiger partial charge on any atom is -0.321 e. The zero-order valence-corrected chi connectivity index (χ0v) is 16.3. The van der Waals surface area contributed by atoms with Crippen LogP contribution >= 0.6 is 24.5 Å². The average Bonchev–Trinajstić information content (AvgIpc) is 2.64. The second-order valence-corrected chi connectivity index (χ2v) is 12.6. The Morgan fingerprint density at radius 1 is 0.516 bits per heavy atom. The van der Waals surface area contributed by atoms with E-state index in [1.807, 2.05) is 0 Å². The van der Waals surface area contributed by atoms with E-state index < -0.39 is 98.7 Å². The van der Waals surface area contributed by atoms with E-state index in [2.05, 4.69) is 0 Å². The molecular formula is C12H3F10NO5P2S. The Balaban J connectivity index is 3.12. The lowest BCUT2D eigenvalue weighted by atomic mass is 10.2. The van der Waals surface area contributed by atoms with Crippen molar-refractivity contribution in [2.45, 2.75) is 0 Å². The first kappa shape index (κ1) is 25.5. The first-order valence-corrected chi connectivity index (χ1v) is 12.1. The molecule has 0 aliphatic rings. The van der Waals surface area contributed by atoms with Crippen molar-refractivity contribution in [1.82, 2.24) is 0 Å². The Morgan fingerprint density at radius 3 is 0.968 bits per heavy atom. The number of hydrogen-bond donors (Lipinski definition) is 3.